The molecule has 2 saturated heterocycles. The molecule has 9 heteroatoms. The topological polar surface area (TPSA) is 82.8 Å². The second-order valence-corrected chi connectivity index (χ2v) is 8.05. The number of amides is 2. The minimum atomic E-state index is -0.448. The first-order valence-electron chi connectivity index (χ1n) is 10.2. The van der Waals surface area contributed by atoms with Crippen molar-refractivity contribution in [2.45, 2.75) is 32.4 Å². The zero-order valence-corrected chi connectivity index (χ0v) is 17.3. The number of piperazine rings is 1. The maximum Gasteiger partial charge on any atom is 0.228 e. The van der Waals surface area contributed by atoms with Crippen LogP contribution in [-0.4, -0.2) is 70.1 Å². The highest BCUT2D eigenvalue weighted by Crippen LogP contribution is 2.37. The van der Waals surface area contributed by atoms with Gasteiger partial charge in [-0.1, -0.05) is 22.4 Å². The Balaban J connectivity index is 1.45. The van der Waals surface area contributed by atoms with Crippen LogP contribution in [0.15, 0.2) is 28.9 Å². The summed E-state index contributed by atoms with van der Waals surface area (Å²) in [4.78, 5) is 31.4. The van der Waals surface area contributed by atoms with E-state index in [4.69, 9.17) is 4.63 Å². The summed E-state index contributed by atoms with van der Waals surface area (Å²) in [5.74, 6) is -0.725. The van der Waals surface area contributed by atoms with Crippen molar-refractivity contribution in [2.75, 3.05) is 33.2 Å². The van der Waals surface area contributed by atoms with Gasteiger partial charge in [0.1, 0.15) is 17.2 Å². The van der Waals surface area contributed by atoms with Crippen molar-refractivity contribution in [3.63, 3.8) is 0 Å². The van der Waals surface area contributed by atoms with Crippen LogP contribution in [-0.2, 0) is 16.1 Å². The molecular weight excluding hydrogens is 389 g/mol. The lowest BCUT2D eigenvalue weighted by Crippen LogP contribution is -2.53. The standard InChI is InChI=1S/C21H26FN5O3/c1-14-18(24-30-23-14)13-26-8-10-27(11-9-26)21(29)17-6-7-19(28)25(2)20(17)15-4-3-5-16(22)12-15/h3-5,12,17,20H,6-11,13H2,1-2H3. The molecule has 2 atom stereocenters. The summed E-state index contributed by atoms with van der Waals surface area (Å²) in [6.07, 6.45) is 0.810. The van der Waals surface area contributed by atoms with Crippen molar-refractivity contribution in [1.82, 2.24) is 25.0 Å². The average molecular weight is 415 g/mol. The number of aromatic nitrogens is 2. The first-order chi connectivity index (χ1) is 14.4. The fourth-order valence-corrected chi connectivity index (χ4v) is 4.41. The summed E-state index contributed by atoms with van der Waals surface area (Å²) in [6, 6.07) is 5.76. The zero-order valence-electron chi connectivity index (χ0n) is 17.3. The van der Waals surface area contributed by atoms with Crippen molar-refractivity contribution < 1.29 is 18.6 Å². The first-order valence-corrected chi connectivity index (χ1v) is 10.2. The van der Waals surface area contributed by atoms with Crippen LogP contribution in [0.5, 0.6) is 0 Å². The maximum atomic E-state index is 13.8. The van der Waals surface area contributed by atoms with Crippen molar-refractivity contribution in [1.29, 1.82) is 0 Å². The van der Waals surface area contributed by atoms with E-state index in [2.05, 4.69) is 15.2 Å². The van der Waals surface area contributed by atoms with E-state index in [0.717, 1.165) is 24.5 Å². The molecule has 0 radical (unpaired) electrons. The Kier molecular flexibility index (Phi) is 5.80. The number of likely N-dealkylation sites (tertiary alicyclic amines) is 1. The Morgan fingerprint density at radius 3 is 2.67 bits per heavy atom. The number of benzene rings is 1. The highest BCUT2D eigenvalue weighted by Gasteiger charge is 2.41. The normalized spacial score (nSPS) is 23.1. The number of carbonyl (C=O) groups is 2. The number of piperidine rings is 1. The molecule has 3 heterocycles. The minimum absolute atomic E-state index is 0.0188. The highest BCUT2D eigenvalue weighted by molar-refractivity contribution is 5.85. The molecule has 0 spiro atoms. The second kappa shape index (κ2) is 8.51. The van der Waals surface area contributed by atoms with E-state index in [-0.39, 0.29) is 23.5 Å². The molecule has 2 unspecified atom stereocenters. The number of hydrogen-bond acceptors (Lipinski definition) is 6. The van der Waals surface area contributed by atoms with Crippen LogP contribution in [0.3, 0.4) is 0 Å². The van der Waals surface area contributed by atoms with E-state index in [1.807, 2.05) is 11.8 Å². The molecule has 30 heavy (non-hydrogen) atoms. The van der Waals surface area contributed by atoms with Gasteiger partial charge in [0.05, 0.1) is 12.0 Å². The van der Waals surface area contributed by atoms with Gasteiger partial charge in [0, 0.05) is 46.2 Å². The van der Waals surface area contributed by atoms with Gasteiger partial charge in [-0.25, -0.2) is 9.02 Å². The molecule has 2 amide bonds. The van der Waals surface area contributed by atoms with Crippen LogP contribution < -0.4 is 0 Å². The largest absolute Gasteiger partial charge is 0.340 e. The number of hydrogen-bond donors (Lipinski definition) is 0. The van der Waals surface area contributed by atoms with Crippen LogP contribution >= 0.6 is 0 Å². The van der Waals surface area contributed by atoms with E-state index < -0.39 is 6.04 Å². The van der Waals surface area contributed by atoms with E-state index in [9.17, 15) is 14.0 Å². The third-order valence-electron chi connectivity index (χ3n) is 6.17. The molecule has 8 nitrogen and oxygen atoms in total. The van der Waals surface area contributed by atoms with Crippen molar-refractivity contribution >= 4 is 11.8 Å². The summed E-state index contributed by atoms with van der Waals surface area (Å²) >= 11 is 0. The SMILES string of the molecule is Cc1nonc1CN1CCN(C(=O)C2CCC(=O)N(C)C2c2cccc(F)c2)CC1. The number of nitrogens with zero attached hydrogens (tertiary/aromatic N) is 5. The first kappa shape index (κ1) is 20.5. The second-order valence-electron chi connectivity index (χ2n) is 8.05. The van der Waals surface area contributed by atoms with Gasteiger partial charge in [0.25, 0.3) is 0 Å². The molecule has 0 saturated carbocycles. The van der Waals surface area contributed by atoms with Crippen molar-refractivity contribution in [3.05, 3.63) is 47.0 Å². The van der Waals surface area contributed by atoms with Gasteiger partial charge < -0.3 is 9.80 Å². The average Bonchev–Trinajstić information content (AvgIpc) is 3.14. The van der Waals surface area contributed by atoms with E-state index in [1.54, 1.807) is 24.1 Å². The summed E-state index contributed by atoms with van der Waals surface area (Å²) in [6.45, 7) is 5.16. The molecule has 2 fully saturated rings. The molecule has 0 N–H and O–H groups in total. The Hall–Kier alpha value is -2.81. The third kappa shape index (κ3) is 4.07. The molecule has 4 rings (SSSR count). The fraction of sp³-hybridized carbons (Fsp3) is 0.524. The smallest absolute Gasteiger partial charge is 0.228 e. The van der Waals surface area contributed by atoms with Gasteiger partial charge in [0.2, 0.25) is 11.8 Å². The Morgan fingerprint density at radius 1 is 1.23 bits per heavy atom. The van der Waals surface area contributed by atoms with E-state index in [1.165, 1.54) is 12.1 Å². The van der Waals surface area contributed by atoms with Gasteiger partial charge in [-0.15, -0.1) is 0 Å². The van der Waals surface area contributed by atoms with E-state index >= 15 is 0 Å². The molecule has 0 aliphatic carbocycles. The zero-order chi connectivity index (χ0) is 21.3. The van der Waals surface area contributed by atoms with Gasteiger partial charge in [-0.2, -0.15) is 0 Å². The molecule has 2 aliphatic heterocycles. The monoisotopic (exact) mass is 415 g/mol. The van der Waals surface area contributed by atoms with E-state index in [0.29, 0.717) is 38.0 Å². The van der Waals surface area contributed by atoms with Gasteiger partial charge in [-0.3, -0.25) is 14.5 Å². The van der Waals surface area contributed by atoms with Gasteiger partial charge in [0.15, 0.2) is 0 Å². The highest BCUT2D eigenvalue weighted by atomic mass is 19.1. The minimum Gasteiger partial charge on any atom is -0.340 e. The van der Waals surface area contributed by atoms with Gasteiger partial charge >= 0.3 is 0 Å². The van der Waals surface area contributed by atoms with Gasteiger partial charge in [-0.05, 0) is 31.0 Å². The predicted molar refractivity (Wildman–Crippen MR) is 106 cm³/mol. The Labute approximate surface area is 174 Å². The fourth-order valence-electron chi connectivity index (χ4n) is 4.41. The molecule has 1 aromatic carbocycles. The summed E-state index contributed by atoms with van der Waals surface area (Å²) in [5.41, 5.74) is 2.26. The van der Waals surface area contributed by atoms with Crippen molar-refractivity contribution in [2.24, 2.45) is 5.92 Å². The molecular formula is C21H26FN5O3. The molecule has 0 bridgehead atoms. The lowest BCUT2D eigenvalue weighted by Gasteiger charge is -2.42. The van der Waals surface area contributed by atoms with Crippen molar-refractivity contribution in [3.8, 4) is 0 Å². The van der Waals surface area contributed by atoms with Crippen LogP contribution in [0.4, 0.5) is 4.39 Å². The Bertz CT molecular complexity index is 925. The lowest BCUT2D eigenvalue weighted by atomic mass is 9.83. The maximum absolute atomic E-state index is 13.8. The number of rotatable bonds is 4. The molecule has 2 aromatic rings. The number of aryl methyl sites for hydroxylation is 1. The summed E-state index contributed by atoms with van der Waals surface area (Å²) < 4.78 is 18.6. The predicted octanol–water partition coefficient (Wildman–Crippen LogP) is 1.77. The Morgan fingerprint density at radius 2 is 2.00 bits per heavy atom. The lowest BCUT2D eigenvalue weighted by molar-refractivity contribution is -0.147. The van der Waals surface area contributed by atoms with Crippen LogP contribution in [0, 0.1) is 18.7 Å². The summed E-state index contributed by atoms with van der Waals surface area (Å²) in [5, 5.41) is 7.73. The van der Waals surface area contributed by atoms with Crippen LogP contribution in [0.25, 0.3) is 0 Å². The number of halogens is 1. The quantitative estimate of drug-likeness (QED) is 0.757. The third-order valence-corrected chi connectivity index (χ3v) is 6.17. The molecule has 1 aromatic heterocycles. The summed E-state index contributed by atoms with van der Waals surface area (Å²) in [7, 11) is 1.70. The molecule has 2 aliphatic rings. The van der Waals surface area contributed by atoms with Crippen LogP contribution in [0.2, 0.25) is 0 Å². The number of carbonyl (C=O) groups excluding carboxylic acids is 2. The van der Waals surface area contributed by atoms with Crippen LogP contribution in [0.1, 0.15) is 35.8 Å². The molecule has 160 valence electrons.